The molecule has 648 valence electrons. The van der Waals surface area contributed by atoms with Gasteiger partial charge in [0.05, 0.1) is 4.92 Å². The molecule has 0 unspecified atom stereocenters. The molecule has 0 fully saturated rings. The fourth-order valence-electron chi connectivity index (χ4n) is 9.26. The molecule has 7 rings (SSSR count). The molecular formula is C67H52F37N3O7S2. The van der Waals surface area contributed by atoms with Crippen molar-refractivity contribution < 1.29 is 189 Å². The summed E-state index contributed by atoms with van der Waals surface area (Å²) in [4.78, 5) is 6.90. The minimum Gasteiger partial charge on any atom is -0.399 e. The minimum absolute atomic E-state index is 0.475. The van der Waals surface area contributed by atoms with Crippen LogP contribution in [0.5, 0.6) is 5.75 Å². The smallest absolute Gasteiger partial charge is 0.399 e. The Balaban J connectivity index is 0.000000679. The van der Waals surface area contributed by atoms with Crippen LogP contribution in [0.1, 0.15) is 188 Å². The van der Waals surface area contributed by atoms with Gasteiger partial charge in [0.1, 0.15) is 22.1 Å². The Kier molecular flexibility index (Phi) is 35.7. The van der Waals surface area contributed by atoms with Crippen LogP contribution < -0.4 is 4.74 Å². The molecule has 0 radical (unpaired) electrons. The first kappa shape index (κ1) is 104. The zero-order valence-electron chi connectivity index (χ0n) is 60.5. The van der Waals surface area contributed by atoms with Gasteiger partial charge in [-0.05, 0) is 41.4 Å². The highest BCUT2D eigenvalue weighted by Gasteiger charge is 2.52. The van der Waals surface area contributed by atoms with Crippen LogP contribution in [0.4, 0.5) is 168 Å². The molecule has 0 bridgehead atoms. The summed E-state index contributed by atoms with van der Waals surface area (Å²) in [6, 6.07) is 1.08. The van der Waals surface area contributed by atoms with Gasteiger partial charge in [0, 0.05) is 45.2 Å². The molecule has 6 aromatic carbocycles. The number of nitro groups is 1. The number of hydrogen-bond acceptors (Lipinski definition) is 9. The normalized spacial score (nSPS) is 11.8. The first-order chi connectivity index (χ1) is 52.2. The van der Waals surface area contributed by atoms with Gasteiger partial charge in [0.25, 0.3) is 21.7 Å². The molecule has 0 aliphatic heterocycles. The van der Waals surface area contributed by atoms with E-state index in [0.717, 1.165) is 19.9 Å². The van der Waals surface area contributed by atoms with Crippen LogP contribution in [0.25, 0.3) is 0 Å². The van der Waals surface area contributed by atoms with Gasteiger partial charge in [-0.1, -0.05) is 96.9 Å². The molecule has 0 aliphatic carbocycles. The van der Waals surface area contributed by atoms with E-state index in [0.29, 0.717) is 6.26 Å². The number of nitro benzene ring substituents is 1. The van der Waals surface area contributed by atoms with E-state index in [-0.39, 0.29) is 0 Å². The van der Waals surface area contributed by atoms with Crippen molar-refractivity contribution in [2.24, 2.45) is 0 Å². The lowest BCUT2D eigenvalue weighted by molar-refractivity contribution is -0.390. The molecule has 0 atom stereocenters. The highest BCUT2D eigenvalue weighted by Crippen LogP contribution is 2.43. The second-order valence-electron chi connectivity index (χ2n) is 25.1. The van der Waals surface area contributed by atoms with E-state index < -0.39 is 319 Å². The predicted octanol–water partition coefficient (Wildman–Crippen LogP) is 24.4. The van der Waals surface area contributed by atoms with Crippen molar-refractivity contribution in [1.29, 1.82) is 5.26 Å². The number of halogens is 37. The maximum absolute atomic E-state index is 13.5. The molecule has 116 heavy (non-hydrogen) atoms. The van der Waals surface area contributed by atoms with Crippen LogP contribution >= 0.6 is 0 Å². The Hall–Kier alpha value is -9.53. The molecule has 49 heteroatoms. The molecule has 1 heterocycles. The maximum atomic E-state index is 13.5. The number of benzene rings is 6. The van der Waals surface area contributed by atoms with Gasteiger partial charge >= 0.3 is 23.7 Å². The van der Waals surface area contributed by atoms with Gasteiger partial charge in [-0.25, -0.2) is 113 Å². The monoisotopic (exact) mass is 1780 g/mol. The molecule has 0 saturated heterocycles. The third-order valence-electron chi connectivity index (χ3n) is 14.5. The van der Waals surface area contributed by atoms with E-state index in [9.17, 15) is 189 Å². The Labute approximate surface area is 630 Å². The first-order valence-electron chi connectivity index (χ1n) is 31.0. The highest BCUT2D eigenvalue weighted by molar-refractivity contribution is 7.92. The number of sulfone groups is 2. The van der Waals surface area contributed by atoms with Crippen molar-refractivity contribution in [3.05, 3.63) is 223 Å². The summed E-state index contributed by atoms with van der Waals surface area (Å²) in [5, 5.41) is 18.5. The van der Waals surface area contributed by atoms with E-state index in [1.54, 1.807) is 0 Å². The van der Waals surface area contributed by atoms with Crippen molar-refractivity contribution in [3.63, 3.8) is 0 Å². The number of rotatable bonds is 11. The summed E-state index contributed by atoms with van der Waals surface area (Å²) in [6.45, 7) is 18.0. The van der Waals surface area contributed by atoms with Crippen molar-refractivity contribution in [1.82, 2.24) is 4.98 Å². The molecule has 0 amide bonds. The predicted molar refractivity (Wildman–Crippen MR) is 330 cm³/mol. The number of aromatic nitrogens is 1. The van der Waals surface area contributed by atoms with Gasteiger partial charge in [0.2, 0.25) is 29.0 Å². The average Bonchev–Trinajstić information content (AvgIpc) is 0.749. The molecule has 0 saturated carbocycles. The summed E-state index contributed by atoms with van der Waals surface area (Å²) in [5.41, 5.74) is -17.8. The molecule has 0 spiro atoms. The second kappa shape index (κ2) is 39.6. The number of nitriles is 1. The molecule has 0 N–H and O–H groups in total. The summed E-state index contributed by atoms with van der Waals surface area (Å²) < 4.78 is 524. The summed E-state index contributed by atoms with van der Waals surface area (Å²) >= 11 is 0. The Morgan fingerprint density at radius 3 is 0.759 bits per heavy atom. The summed E-state index contributed by atoms with van der Waals surface area (Å²) in [7, 11) is -10.9. The second-order valence-corrected chi connectivity index (χ2v) is 28.9. The van der Waals surface area contributed by atoms with Gasteiger partial charge in [-0.3, -0.25) is 10.1 Å². The van der Waals surface area contributed by atoms with Crippen LogP contribution in [0.3, 0.4) is 0 Å². The third-order valence-corrected chi connectivity index (χ3v) is 17.1. The van der Waals surface area contributed by atoms with Crippen LogP contribution in [-0.2, 0) is 25.9 Å². The average molecular weight is 1780 g/mol. The van der Waals surface area contributed by atoms with Crippen molar-refractivity contribution in [2.75, 3.05) is 6.26 Å². The standard InChI is InChI=1S/C10H7F7O2S.C10H7F7O.C10H7F7.C10H7F4N.C10H10F4O2S.C9H7F4NO2.C8H7F4N/c1-3(2)4-5(11)7(13)9(8(14)6(4)12)20(18,19)10(15,16)17;1-3(2)4-5(11)7(13)9(8(14)6(4)12)18-10(15,16)17;1-3(2)4-6(11)8(13)5(10(15,16)17)9(14)7(4)12;1-4(2)6-9(13)7(11)5(3-15)8(12)10(6)14;1-4(2)5-6(11)8(13)10(17(3,15)16)9(14)7(5)12;1-3(2)4-5(10)7(12)9(14(15)16)8(13)6(4)11;1-3(2)4-5(9)7(11)13-8(12)6(4)10/h3H,1-2H3;3H,1-2H3;3H,1-2H3;4H,1-2H3;4H,1-3H3;3H,1-2H3;3H,1-2H3. The van der Waals surface area contributed by atoms with Crippen LogP contribution in [0, 0.1) is 185 Å². The summed E-state index contributed by atoms with van der Waals surface area (Å²) in [6.07, 6.45) is -10.5. The van der Waals surface area contributed by atoms with Gasteiger partial charge < -0.3 is 4.74 Å². The SMILES string of the molecule is CC(C)c1c(F)c(F)c(C#N)c(F)c1F.CC(C)c1c(F)c(F)c(C(F)(F)F)c(F)c1F.CC(C)c1c(F)c(F)c(OC(F)(F)F)c(F)c1F.CC(C)c1c(F)c(F)c(S(=O)(=O)C(F)(F)F)c(F)c1F.CC(C)c1c(F)c(F)c(S(C)(=O)=O)c(F)c1F.CC(C)c1c(F)c(F)c([N+](=O)[O-])c(F)c1F.CC(C)c1c(F)c(F)nc(F)c1F. The zero-order valence-corrected chi connectivity index (χ0v) is 62.2. The third kappa shape index (κ3) is 23.0. The quantitative estimate of drug-likeness (QED) is 0.0404. The van der Waals surface area contributed by atoms with Crippen molar-refractivity contribution in [2.45, 2.75) is 166 Å². The molecule has 10 nitrogen and oxygen atoms in total. The lowest BCUT2D eigenvalue weighted by Crippen LogP contribution is -2.27. The lowest BCUT2D eigenvalue weighted by Gasteiger charge is -2.15. The lowest BCUT2D eigenvalue weighted by atomic mass is 9.98. The Bertz CT molecular complexity index is 4930. The van der Waals surface area contributed by atoms with E-state index in [1.165, 1.54) is 83.1 Å². The van der Waals surface area contributed by atoms with Gasteiger partial charge in [0.15, 0.2) is 143 Å². The maximum Gasteiger partial charge on any atom is 0.573 e. The number of nitrogens with zero attached hydrogens (tertiary/aromatic N) is 3. The molecule has 1 aromatic heterocycles. The number of hydrogen-bond donors (Lipinski definition) is 0. The minimum atomic E-state index is -6.56. The van der Waals surface area contributed by atoms with E-state index in [1.807, 2.05) is 0 Å². The van der Waals surface area contributed by atoms with Gasteiger partial charge in [-0.15, -0.1) is 13.2 Å². The summed E-state index contributed by atoms with van der Waals surface area (Å²) in [5.74, 6) is -61.6. The molecule has 0 aliphatic rings. The molecule has 7 aromatic rings. The van der Waals surface area contributed by atoms with Crippen LogP contribution in [0.15, 0.2) is 9.79 Å². The van der Waals surface area contributed by atoms with E-state index in [4.69, 9.17) is 5.26 Å². The van der Waals surface area contributed by atoms with Gasteiger partial charge in [-0.2, -0.15) is 62.9 Å². The zero-order chi connectivity index (χ0) is 91.9. The Morgan fingerprint density at radius 2 is 0.552 bits per heavy atom. The van der Waals surface area contributed by atoms with E-state index >= 15 is 0 Å². The first-order valence-corrected chi connectivity index (χ1v) is 34.3. The fourth-order valence-corrected chi connectivity index (χ4v) is 11.0. The largest absolute Gasteiger partial charge is 0.573 e. The molecular weight excluding hydrogens is 1730 g/mol. The van der Waals surface area contributed by atoms with Crippen molar-refractivity contribution in [3.8, 4) is 11.8 Å². The number of ether oxygens (including phenoxy) is 1. The van der Waals surface area contributed by atoms with Crippen LogP contribution in [-0.4, -0.2) is 44.9 Å². The Morgan fingerprint density at radius 1 is 0.336 bits per heavy atom. The topological polar surface area (TPSA) is 157 Å². The fraction of sp³-hybridized carbons (Fsp3) is 0.373. The number of alkyl halides is 9. The van der Waals surface area contributed by atoms with Crippen molar-refractivity contribution >= 4 is 25.4 Å². The van der Waals surface area contributed by atoms with Crippen LogP contribution in [0.2, 0.25) is 0 Å². The highest BCUT2D eigenvalue weighted by atomic mass is 32.2. The number of pyridine rings is 1. The van der Waals surface area contributed by atoms with E-state index in [2.05, 4.69) is 9.72 Å².